The standard InChI is InChI=1S/C16H23N3O2/c1-4-17(5-2)15(20)12-18-10-11-19(16(18)21)14-8-6-13(3)7-9-14/h6-9H,4-5,10-12H2,1-3H3. The molecule has 1 aliphatic heterocycles. The second kappa shape index (κ2) is 6.61. The Morgan fingerprint density at radius 1 is 1.14 bits per heavy atom. The third-order valence-electron chi connectivity index (χ3n) is 3.88. The molecule has 0 bridgehead atoms. The second-order valence-electron chi connectivity index (χ2n) is 5.26. The number of benzene rings is 1. The molecule has 3 amide bonds. The maximum Gasteiger partial charge on any atom is 0.325 e. The maximum absolute atomic E-state index is 12.4. The van der Waals surface area contributed by atoms with Crippen LogP contribution in [0.25, 0.3) is 0 Å². The van der Waals surface area contributed by atoms with Crippen molar-refractivity contribution in [3.05, 3.63) is 29.8 Å². The molecule has 5 heteroatoms. The average molecular weight is 289 g/mol. The lowest BCUT2D eigenvalue weighted by atomic mass is 10.2. The van der Waals surface area contributed by atoms with E-state index in [9.17, 15) is 9.59 Å². The summed E-state index contributed by atoms with van der Waals surface area (Å²) in [6, 6.07) is 7.80. The first-order valence-electron chi connectivity index (χ1n) is 7.47. The van der Waals surface area contributed by atoms with Crippen LogP contribution in [0.4, 0.5) is 10.5 Å². The SMILES string of the molecule is CCN(CC)C(=O)CN1CCN(c2ccc(C)cc2)C1=O. The molecule has 0 aliphatic carbocycles. The number of aryl methyl sites for hydroxylation is 1. The van der Waals surface area contributed by atoms with E-state index in [-0.39, 0.29) is 18.5 Å². The monoisotopic (exact) mass is 289 g/mol. The Balaban J connectivity index is 2.01. The van der Waals surface area contributed by atoms with E-state index < -0.39 is 0 Å². The third-order valence-corrected chi connectivity index (χ3v) is 3.88. The number of likely N-dealkylation sites (N-methyl/N-ethyl adjacent to an activating group) is 1. The van der Waals surface area contributed by atoms with E-state index in [1.54, 1.807) is 14.7 Å². The van der Waals surface area contributed by atoms with Gasteiger partial charge in [0.25, 0.3) is 0 Å². The maximum atomic E-state index is 12.4. The number of hydrogen-bond donors (Lipinski definition) is 0. The number of rotatable bonds is 5. The summed E-state index contributed by atoms with van der Waals surface area (Å²) in [5.74, 6) is 0.0131. The fourth-order valence-electron chi connectivity index (χ4n) is 2.53. The van der Waals surface area contributed by atoms with Gasteiger partial charge in [-0.3, -0.25) is 9.69 Å². The van der Waals surface area contributed by atoms with Crippen LogP contribution in [-0.2, 0) is 4.79 Å². The van der Waals surface area contributed by atoms with Crippen molar-refractivity contribution in [1.82, 2.24) is 9.80 Å². The van der Waals surface area contributed by atoms with Crippen molar-refractivity contribution in [2.75, 3.05) is 37.6 Å². The van der Waals surface area contributed by atoms with Gasteiger partial charge in [-0.2, -0.15) is 0 Å². The van der Waals surface area contributed by atoms with E-state index in [4.69, 9.17) is 0 Å². The van der Waals surface area contributed by atoms with Gasteiger partial charge in [-0.05, 0) is 32.9 Å². The highest BCUT2D eigenvalue weighted by Gasteiger charge is 2.31. The molecule has 1 saturated heterocycles. The Kier molecular flexibility index (Phi) is 4.83. The summed E-state index contributed by atoms with van der Waals surface area (Å²) in [6.45, 7) is 8.68. The fourth-order valence-corrected chi connectivity index (χ4v) is 2.53. The summed E-state index contributed by atoms with van der Waals surface area (Å²) in [5, 5.41) is 0. The number of carbonyl (C=O) groups is 2. The second-order valence-corrected chi connectivity index (χ2v) is 5.26. The summed E-state index contributed by atoms with van der Waals surface area (Å²) in [6.07, 6.45) is 0. The molecule has 1 aromatic carbocycles. The molecular formula is C16H23N3O2. The highest BCUT2D eigenvalue weighted by atomic mass is 16.2. The van der Waals surface area contributed by atoms with Gasteiger partial charge in [0.15, 0.2) is 0 Å². The minimum atomic E-state index is -0.0839. The largest absolute Gasteiger partial charge is 0.342 e. The summed E-state index contributed by atoms with van der Waals surface area (Å²) in [4.78, 5) is 29.6. The molecular weight excluding hydrogens is 266 g/mol. The van der Waals surface area contributed by atoms with Gasteiger partial charge in [-0.15, -0.1) is 0 Å². The van der Waals surface area contributed by atoms with Gasteiger partial charge in [0.1, 0.15) is 6.54 Å². The topological polar surface area (TPSA) is 43.9 Å². The zero-order valence-electron chi connectivity index (χ0n) is 13.0. The molecule has 0 spiro atoms. The van der Waals surface area contributed by atoms with E-state index in [1.165, 1.54) is 5.56 Å². The van der Waals surface area contributed by atoms with Crippen molar-refractivity contribution in [2.45, 2.75) is 20.8 Å². The van der Waals surface area contributed by atoms with Crippen molar-refractivity contribution >= 4 is 17.6 Å². The predicted octanol–water partition coefficient (Wildman–Crippen LogP) is 2.11. The van der Waals surface area contributed by atoms with Crippen LogP contribution in [0.3, 0.4) is 0 Å². The summed E-state index contributed by atoms with van der Waals surface area (Å²) < 4.78 is 0. The van der Waals surface area contributed by atoms with Crippen LogP contribution in [-0.4, -0.2) is 54.5 Å². The van der Waals surface area contributed by atoms with Crippen LogP contribution in [0, 0.1) is 6.92 Å². The number of anilines is 1. The zero-order valence-corrected chi connectivity index (χ0v) is 13.0. The molecule has 2 rings (SSSR count). The Hall–Kier alpha value is -2.04. The normalized spacial score (nSPS) is 14.7. The van der Waals surface area contributed by atoms with Crippen molar-refractivity contribution in [1.29, 1.82) is 0 Å². The lowest BCUT2D eigenvalue weighted by Crippen LogP contribution is -2.42. The van der Waals surface area contributed by atoms with Crippen molar-refractivity contribution in [3.63, 3.8) is 0 Å². The molecule has 1 aromatic rings. The summed E-state index contributed by atoms with van der Waals surface area (Å²) >= 11 is 0. The quantitative estimate of drug-likeness (QED) is 0.833. The lowest BCUT2D eigenvalue weighted by Gasteiger charge is -2.23. The number of carbonyl (C=O) groups excluding carboxylic acids is 2. The minimum absolute atomic E-state index is 0.0131. The first-order valence-corrected chi connectivity index (χ1v) is 7.47. The fraction of sp³-hybridized carbons (Fsp3) is 0.500. The van der Waals surface area contributed by atoms with E-state index in [1.807, 2.05) is 45.0 Å². The number of hydrogen-bond acceptors (Lipinski definition) is 2. The summed E-state index contributed by atoms with van der Waals surface area (Å²) in [5.41, 5.74) is 2.06. The Morgan fingerprint density at radius 3 is 2.33 bits per heavy atom. The molecule has 21 heavy (non-hydrogen) atoms. The first kappa shape index (κ1) is 15.4. The van der Waals surface area contributed by atoms with Gasteiger partial charge >= 0.3 is 6.03 Å². The Bertz CT molecular complexity index is 509. The summed E-state index contributed by atoms with van der Waals surface area (Å²) in [7, 11) is 0. The van der Waals surface area contributed by atoms with E-state index >= 15 is 0 Å². The molecule has 1 fully saturated rings. The molecule has 114 valence electrons. The van der Waals surface area contributed by atoms with Crippen LogP contribution in [0.5, 0.6) is 0 Å². The predicted molar refractivity (Wildman–Crippen MR) is 83.4 cm³/mol. The number of amides is 3. The van der Waals surface area contributed by atoms with E-state index in [0.717, 1.165) is 5.69 Å². The van der Waals surface area contributed by atoms with Crippen molar-refractivity contribution in [2.24, 2.45) is 0 Å². The smallest absolute Gasteiger partial charge is 0.325 e. The van der Waals surface area contributed by atoms with Crippen LogP contribution in [0.1, 0.15) is 19.4 Å². The highest BCUT2D eigenvalue weighted by Crippen LogP contribution is 2.20. The van der Waals surface area contributed by atoms with Crippen LogP contribution in [0.2, 0.25) is 0 Å². The van der Waals surface area contributed by atoms with Crippen molar-refractivity contribution in [3.8, 4) is 0 Å². The minimum Gasteiger partial charge on any atom is -0.342 e. The number of urea groups is 1. The van der Waals surface area contributed by atoms with Crippen LogP contribution in [0.15, 0.2) is 24.3 Å². The molecule has 0 aromatic heterocycles. The molecule has 0 atom stereocenters. The lowest BCUT2D eigenvalue weighted by molar-refractivity contribution is -0.131. The molecule has 1 heterocycles. The highest BCUT2D eigenvalue weighted by molar-refractivity contribution is 5.96. The van der Waals surface area contributed by atoms with Gasteiger partial charge < -0.3 is 9.80 Å². The molecule has 0 N–H and O–H groups in total. The molecule has 1 aliphatic rings. The molecule has 0 saturated carbocycles. The van der Waals surface area contributed by atoms with Gasteiger partial charge in [0.05, 0.1) is 0 Å². The van der Waals surface area contributed by atoms with Gasteiger partial charge in [-0.1, -0.05) is 17.7 Å². The Labute approximate surface area is 126 Å². The Morgan fingerprint density at radius 2 is 1.76 bits per heavy atom. The van der Waals surface area contributed by atoms with Crippen LogP contribution < -0.4 is 4.90 Å². The van der Waals surface area contributed by atoms with Crippen molar-refractivity contribution < 1.29 is 9.59 Å². The van der Waals surface area contributed by atoms with Gasteiger partial charge in [0, 0.05) is 31.9 Å². The van der Waals surface area contributed by atoms with Gasteiger partial charge in [0.2, 0.25) is 5.91 Å². The zero-order chi connectivity index (χ0) is 15.4. The van der Waals surface area contributed by atoms with E-state index in [2.05, 4.69) is 0 Å². The molecule has 0 radical (unpaired) electrons. The van der Waals surface area contributed by atoms with Crippen LogP contribution >= 0.6 is 0 Å². The average Bonchev–Trinajstić information content (AvgIpc) is 2.83. The number of nitrogens with zero attached hydrogens (tertiary/aromatic N) is 3. The third kappa shape index (κ3) is 3.35. The van der Waals surface area contributed by atoms with Gasteiger partial charge in [-0.25, -0.2) is 4.79 Å². The molecule has 0 unspecified atom stereocenters. The first-order chi connectivity index (χ1) is 10.1. The van der Waals surface area contributed by atoms with E-state index in [0.29, 0.717) is 26.2 Å². The molecule has 5 nitrogen and oxygen atoms in total.